The van der Waals surface area contributed by atoms with E-state index in [0.717, 1.165) is 39.3 Å². The molecule has 3 heterocycles. The highest BCUT2D eigenvalue weighted by Crippen LogP contribution is 2.32. The van der Waals surface area contributed by atoms with Crippen LogP contribution in [0.3, 0.4) is 0 Å². The van der Waals surface area contributed by atoms with Crippen molar-refractivity contribution in [3.63, 3.8) is 0 Å². The molecule has 0 bridgehead atoms. The molecule has 0 saturated carbocycles. The van der Waals surface area contributed by atoms with E-state index in [1.165, 1.54) is 11.8 Å². The number of aryl methyl sites for hydroxylation is 3. The predicted molar refractivity (Wildman–Crippen MR) is 185 cm³/mol. The lowest BCUT2D eigenvalue weighted by atomic mass is 9.98. The standard InChI is InChI=1S/C38H33N5O2S/c1-24-19-25(2)21-30(20-24)42-36(45)31-17-11-12-18-33(31)43-37(42)39-40-38(43)46-23-34(44)32-22-26(3)41(27(32)4)35(28-13-7-5-8-14-28)29-15-9-6-10-16-29/h5-22,35H,23H2,1-4H3. The number of fused-ring (bicyclic) bond motifs is 3. The van der Waals surface area contributed by atoms with E-state index in [0.29, 0.717) is 27.4 Å². The third-order valence-electron chi connectivity index (χ3n) is 8.47. The fraction of sp³-hybridized carbons (Fsp3) is 0.158. The van der Waals surface area contributed by atoms with Gasteiger partial charge in [-0.05, 0) is 80.3 Å². The summed E-state index contributed by atoms with van der Waals surface area (Å²) in [6, 6.07) is 36.2. The highest BCUT2D eigenvalue weighted by atomic mass is 32.2. The molecular formula is C38H33N5O2S. The number of nitrogens with zero attached hydrogens (tertiary/aromatic N) is 5. The van der Waals surface area contributed by atoms with Gasteiger partial charge in [-0.1, -0.05) is 90.6 Å². The summed E-state index contributed by atoms with van der Waals surface area (Å²) in [6.07, 6.45) is 0. The highest BCUT2D eigenvalue weighted by Gasteiger charge is 2.25. The van der Waals surface area contributed by atoms with Crippen LogP contribution in [0.15, 0.2) is 119 Å². The first-order valence-electron chi connectivity index (χ1n) is 15.2. The lowest BCUT2D eigenvalue weighted by molar-refractivity contribution is 0.102. The summed E-state index contributed by atoms with van der Waals surface area (Å²) in [4.78, 5) is 27.7. The first-order valence-corrected chi connectivity index (χ1v) is 16.2. The number of aromatic nitrogens is 5. The van der Waals surface area contributed by atoms with Crippen molar-refractivity contribution in [3.8, 4) is 5.69 Å². The molecule has 0 aliphatic heterocycles. The molecule has 0 spiro atoms. The molecule has 0 atom stereocenters. The zero-order valence-corrected chi connectivity index (χ0v) is 27.0. The number of hydrogen-bond donors (Lipinski definition) is 0. The van der Waals surface area contributed by atoms with Gasteiger partial charge in [0, 0.05) is 17.0 Å². The lowest BCUT2D eigenvalue weighted by Crippen LogP contribution is -2.22. The van der Waals surface area contributed by atoms with Crippen LogP contribution in [0.4, 0.5) is 0 Å². The van der Waals surface area contributed by atoms with E-state index in [1.54, 1.807) is 4.57 Å². The van der Waals surface area contributed by atoms with Gasteiger partial charge in [0.2, 0.25) is 5.78 Å². The van der Waals surface area contributed by atoms with Crippen LogP contribution in [-0.4, -0.2) is 35.3 Å². The molecule has 0 radical (unpaired) electrons. The number of benzene rings is 4. The maximum atomic E-state index is 13.9. The first kappa shape index (κ1) is 29.5. The maximum Gasteiger partial charge on any atom is 0.267 e. The Morgan fingerprint density at radius 2 is 1.37 bits per heavy atom. The average molecular weight is 624 g/mol. The molecule has 4 aromatic carbocycles. The summed E-state index contributed by atoms with van der Waals surface area (Å²) >= 11 is 1.33. The number of hydrogen-bond acceptors (Lipinski definition) is 5. The van der Waals surface area contributed by atoms with E-state index < -0.39 is 0 Å². The van der Waals surface area contributed by atoms with E-state index in [-0.39, 0.29) is 23.1 Å². The average Bonchev–Trinajstić information content (AvgIpc) is 3.61. The quantitative estimate of drug-likeness (QED) is 0.128. The Bertz CT molecular complexity index is 2240. The molecule has 8 heteroatoms. The summed E-state index contributed by atoms with van der Waals surface area (Å²) in [5.41, 5.74) is 8.30. The Balaban J connectivity index is 1.27. The summed E-state index contributed by atoms with van der Waals surface area (Å²) in [5.74, 6) is 0.590. The Labute approximate surface area is 271 Å². The molecule has 0 N–H and O–H groups in total. The second-order valence-electron chi connectivity index (χ2n) is 11.7. The first-order chi connectivity index (χ1) is 22.3. The minimum Gasteiger partial charge on any atom is -0.337 e. The Hall–Kier alpha value is -5.21. The van der Waals surface area contributed by atoms with Crippen molar-refractivity contribution in [2.24, 2.45) is 0 Å². The van der Waals surface area contributed by atoms with Crippen LogP contribution >= 0.6 is 11.8 Å². The van der Waals surface area contributed by atoms with Gasteiger partial charge in [-0.15, -0.1) is 10.2 Å². The van der Waals surface area contributed by atoms with Crippen LogP contribution in [-0.2, 0) is 0 Å². The topological polar surface area (TPSA) is 74.2 Å². The van der Waals surface area contributed by atoms with E-state index >= 15 is 0 Å². The predicted octanol–water partition coefficient (Wildman–Crippen LogP) is 7.68. The molecule has 46 heavy (non-hydrogen) atoms. The van der Waals surface area contributed by atoms with Gasteiger partial charge in [-0.2, -0.15) is 0 Å². The van der Waals surface area contributed by atoms with Gasteiger partial charge in [0.1, 0.15) is 0 Å². The van der Waals surface area contributed by atoms with Crippen molar-refractivity contribution in [1.82, 2.24) is 23.7 Å². The lowest BCUT2D eigenvalue weighted by Gasteiger charge is -2.24. The number of Topliss-reactive ketones (excluding diaryl/α,β-unsaturated/α-hetero) is 1. The number of rotatable bonds is 8. The summed E-state index contributed by atoms with van der Waals surface area (Å²) in [6.45, 7) is 8.09. The molecule has 0 aliphatic carbocycles. The van der Waals surface area contributed by atoms with Crippen molar-refractivity contribution < 1.29 is 4.79 Å². The van der Waals surface area contributed by atoms with Gasteiger partial charge in [0.25, 0.3) is 5.56 Å². The van der Waals surface area contributed by atoms with Crippen LogP contribution in [0, 0.1) is 27.7 Å². The molecule has 3 aromatic heterocycles. The minimum atomic E-state index is -0.160. The third kappa shape index (κ3) is 5.14. The van der Waals surface area contributed by atoms with Crippen molar-refractivity contribution in [2.45, 2.75) is 38.9 Å². The Morgan fingerprint density at radius 3 is 2.02 bits per heavy atom. The molecule has 0 saturated heterocycles. The van der Waals surface area contributed by atoms with Gasteiger partial charge in [-0.25, -0.2) is 4.57 Å². The smallest absolute Gasteiger partial charge is 0.267 e. The Kier molecular flexibility index (Phi) is 7.66. The summed E-state index contributed by atoms with van der Waals surface area (Å²) in [5, 5.41) is 10.1. The molecule has 0 unspecified atom stereocenters. The second-order valence-corrected chi connectivity index (χ2v) is 12.7. The number of carbonyl (C=O) groups excluding carboxylic acids is 1. The molecule has 7 rings (SSSR count). The SMILES string of the molecule is Cc1cc(C)cc(-n2c(=O)c3ccccc3n3c(SCC(=O)c4cc(C)n(C(c5ccccc5)c5ccccc5)c4C)nnc23)c1. The van der Waals surface area contributed by atoms with E-state index in [9.17, 15) is 9.59 Å². The van der Waals surface area contributed by atoms with Gasteiger partial charge in [0.15, 0.2) is 10.9 Å². The van der Waals surface area contributed by atoms with Gasteiger partial charge >= 0.3 is 0 Å². The molecule has 0 fully saturated rings. The second kappa shape index (κ2) is 11.9. The molecule has 7 aromatic rings. The normalized spacial score (nSPS) is 11.6. The van der Waals surface area contributed by atoms with E-state index in [1.807, 2.05) is 104 Å². The van der Waals surface area contributed by atoms with Crippen LogP contribution in [0.2, 0.25) is 0 Å². The molecule has 0 amide bonds. The molecule has 7 nitrogen and oxygen atoms in total. The zero-order chi connectivity index (χ0) is 31.9. The number of thioether (sulfide) groups is 1. The molecule has 0 aliphatic rings. The number of para-hydroxylation sites is 1. The van der Waals surface area contributed by atoms with Crippen LogP contribution in [0.1, 0.15) is 50.0 Å². The molecule has 228 valence electrons. The minimum absolute atomic E-state index is 0.00732. The monoisotopic (exact) mass is 623 g/mol. The number of carbonyl (C=O) groups is 1. The summed E-state index contributed by atoms with van der Waals surface area (Å²) in [7, 11) is 0. The van der Waals surface area contributed by atoms with Crippen LogP contribution in [0.25, 0.3) is 22.4 Å². The fourth-order valence-electron chi connectivity index (χ4n) is 6.51. The van der Waals surface area contributed by atoms with E-state index in [2.05, 4.69) is 52.0 Å². The Morgan fingerprint density at radius 1 is 0.761 bits per heavy atom. The molecular weight excluding hydrogens is 591 g/mol. The van der Waals surface area contributed by atoms with Crippen LogP contribution < -0.4 is 5.56 Å². The van der Waals surface area contributed by atoms with Crippen molar-refractivity contribution in [3.05, 3.63) is 159 Å². The largest absolute Gasteiger partial charge is 0.337 e. The highest BCUT2D eigenvalue weighted by molar-refractivity contribution is 7.99. The van der Waals surface area contributed by atoms with Crippen LogP contribution in [0.5, 0.6) is 0 Å². The summed E-state index contributed by atoms with van der Waals surface area (Å²) < 4.78 is 5.75. The van der Waals surface area contributed by atoms with Crippen molar-refractivity contribution >= 4 is 34.2 Å². The van der Waals surface area contributed by atoms with E-state index in [4.69, 9.17) is 0 Å². The maximum absolute atomic E-state index is 13.9. The van der Waals surface area contributed by atoms with Gasteiger partial charge in [0.05, 0.1) is 28.4 Å². The van der Waals surface area contributed by atoms with Crippen molar-refractivity contribution in [2.75, 3.05) is 5.75 Å². The van der Waals surface area contributed by atoms with Gasteiger partial charge < -0.3 is 4.57 Å². The van der Waals surface area contributed by atoms with Gasteiger partial charge in [-0.3, -0.25) is 14.0 Å². The van der Waals surface area contributed by atoms with Crippen molar-refractivity contribution in [1.29, 1.82) is 0 Å². The third-order valence-corrected chi connectivity index (χ3v) is 9.39. The zero-order valence-electron chi connectivity index (χ0n) is 26.1. The number of ketones is 1. The fourth-order valence-corrected chi connectivity index (χ4v) is 7.33.